The highest BCUT2D eigenvalue weighted by Gasteiger charge is 2.26. The van der Waals surface area contributed by atoms with Crippen molar-refractivity contribution >= 4 is 22.8 Å². The lowest BCUT2D eigenvalue weighted by Crippen LogP contribution is -2.18. The van der Waals surface area contributed by atoms with Crippen molar-refractivity contribution in [3.63, 3.8) is 0 Å². The van der Waals surface area contributed by atoms with Gasteiger partial charge in [0.05, 0.1) is 16.5 Å². The summed E-state index contributed by atoms with van der Waals surface area (Å²) in [6.07, 6.45) is 0. The zero-order chi connectivity index (χ0) is 23.2. The zero-order valence-electron chi connectivity index (χ0n) is 17.5. The molecule has 32 heavy (non-hydrogen) atoms. The zero-order valence-corrected chi connectivity index (χ0v) is 17.5. The van der Waals surface area contributed by atoms with Crippen molar-refractivity contribution in [2.75, 3.05) is 7.05 Å². The van der Waals surface area contributed by atoms with E-state index in [1.54, 1.807) is 19.9 Å². The smallest absolute Gasteiger partial charge is 0.335 e. The second-order valence-electron chi connectivity index (χ2n) is 7.48. The van der Waals surface area contributed by atoms with Gasteiger partial charge in [-0.2, -0.15) is 0 Å². The normalized spacial score (nSPS) is 11.0. The van der Waals surface area contributed by atoms with Gasteiger partial charge in [-0.25, -0.2) is 13.6 Å². The van der Waals surface area contributed by atoms with Crippen LogP contribution in [0.2, 0.25) is 0 Å². The number of halogens is 2. The molecule has 0 aliphatic heterocycles. The fourth-order valence-corrected chi connectivity index (χ4v) is 3.88. The highest BCUT2D eigenvalue weighted by Crippen LogP contribution is 2.39. The van der Waals surface area contributed by atoms with Gasteiger partial charge in [0.25, 0.3) is 5.91 Å². The van der Waals surface area contributed by atoms with Crippen LogP contribution in [0.25, 0.3) is 33.4 Å². The highest BCUT2D eigenvalue weighted by atomic mass is 19.1. The lowest BCUT2D eigenvalue weighted by atomic mass is 9.93. The van der Waals surface area contributed by atoms with E-state index in [1.807, 2.05) is 0 Å². The number of benzene rings is 3. The Morgan fingerprint density at radius 2 is 1.62 bits per heavy atom. The van der Waals surface area contributed by atoms with Crippen molar-refractivity contribution in [1.29, 1.82) is 0 Å². The molecule has 0 saturated carbocycles. The summed E-state index contributed by atoms with van der Waals surface area (Å²) in [6, 6.07) is 11.5. The number of nitrogens with one attached hydrogen (secondary N) is 1. The first-order valence-electron chi connectivity index (χ1n) is 9.80. The van der Waals surface area contributed by atoms with Crippen molar-refractivity contribution in [1.82, 2.24) is 5.32 Å². The van der Waals surface area contributed by atoms with Gasteiger partial charge in [0.1, 0.15) is 23.0 Å². The fraction of sp³-hybridized carbons (Fsp3) is 0.120. The Balaban J connectivity index is 2.03. The molecule has 1 aromatic heterocycles. The van der Waals surface area contributed by atoms with Gasteiger partial charge in [-0.3, -0.25) is 4.79 Å². The molecule has 1 heterocycles. The van der Waals surface area contributed by atoms with Crippen LogP contribution in [-0.2, 0) is 0 Å². The average molecular weight is 435 g/mol. The first-order chi connectivity index (χ1) is 15.2. The van der Waals surface area contributed by atoms with E-state index in [9.17, 15) is 19.1 Å². The third kappa shape index (κ3) is 3.41. The molecule has 162 valence electrons. The Kier molecular flexibility index (Phi) is 5.26. The van der Waals surface area contributed by atoms with E-state index in [0.29, 0.717) is 22.3 Å². The number of carboxylic acid groups (broad SMARTS) is 1. The van der Waals surface area contributed by atoms with Crippen LogP contribution in [-0.4, -0.2) is 24.0 Å². The summed E-state index contributed by atoms with van der Waals surface area (Å²) in [5.74, 6) is -2.73. The van der Waals surface area contributed by atoms with E-state index in [0.717, 1.165) is 0 Å². The SMILES string of the molecule is CNC(=O)c1c(-c2ccc(F)cc2)oc2ccc(-c3cc(C(=O)O)c(C)cc3C)c(F)c12. The van der Waals surface area contributed by atoms with Gasteiger partial charge >= 0.3 is 5.97 Å². The first-order valence-corrected chi connectivity index (χ1v) is 9.80. The molecule has 7 heteroatoms. The number of aryl methyl sites for hydroxylation is 2. The minimum atomic E-state index is -1.11. The van der Waals surface area contributed by atoms with Crippen molar-refractivity contribution in [2.45, 2.75) is 13.8 Å². The molecule has 0 spiro atoms. The Morgan fingerprint density at radius 3 is 2.25 bits per heavy atom. The number of furan rings is 1. The molecule has 0 aliphatic carbocycles. The van der Waals surface area contributed by atoms with E-state index < -0.39 is 23.5 Å². The number of amides is 1. The number of aromatic carboxylic acids is 1. The molecule has 0 aliphatic rings. The second kappa shape index (κ2) is 7.92. The molecule has 3 aromatic carbocycles. The molecular weight excluding hydrogens is 416 g/mol. The summed E-state index contributed by atoms with van der Waals surface area (Å²) in [4.78, 5) is 24.3. The van der Waals surface area contributed by atoms with E-state index in [2.05, 4.69) is 5.32 Å². The maximum Gasteiger partial charge on any atom is 0.335 e. The fourth-order valence-electron chi connectivity index (χ4n) is 3.88. The van der Waals surface area contributed by atoms with Gasteiger partial charge in [-0.15, -0.1) is 0 Å². The number of rotatable bonds is 4. The van der Waals surface area contributed by atoms with Crippen LogP contribution in [0.15, 0.2) is 52.9 Å². The summed E-state index contributed by atoms with van der Waals surface area (Å²) >= 11 is 0. The van der Waals surface area contributed by atoms with Crippen LogP contribution in [0.3, 0.4) is 0 Å². The topological polar surface area (TPSA) is 79.5 Å². The molecular formula is C25H19F2NO4. The Bertz CT molecular complexity index is 1390. The summed E-state index contributed by atoms with van der Waals surface area (Å²) < 4.78 is 35.1. The van der Waals surface area contributed by atoms with E-state index in [-0.39, 0.29) is 33.4 Å². The van der Waals surface area contributed by atoms with Crippen molar-refractivity contribution in [3.8, 4) is 22.5 Å². The Hall–Kier alpha value is -4.00. The molecule has 0 bridgehead atoms. The Morgan fingerprint density at radius 1 is 0.938 bits per heavy atom. The van der Waals surface area contributed by atoms with E-state index in [4.69, 9.17) is 4.42 Å². The first kappa shape index (κ1) is 21.2. The average Bonchev–Trinajstić information content (AvgIpc) is 3.15. The van der Waals surface area contributed by atoms with Crippen LogP contribution < -0.4 is 5.32 Å². The Labute approximate surface area is 182 Å². The maximum absolute atomic E-state index is 15.9. The number of carboxylic acids is 1. The van der Waals surface area contributed by atoms with Gasteiger partial charge in [-0.1, -0.05) is 6.07 Å². The molecule has 0 fully saturated rings. The highest BCUT2D eigenvalue weighted by molar-refractivity contribution is 6.12. The predicted molar refractivity (Wildman–Crippen MR) is 117 cm³/mol. The number of hydrogen-bond donors (Lipinski definition) is 2. The minimum absolute atomic E-state index is 0.0170. The van der Waals surface area contributed by atoms with Crippen LogP contribution in [0, 0.1) is 25.5 Å². The van der Waals surface area contributed by atoms with Crippen molar-refractivity contribution in [3.05, 3.63) is 82.4 Å². The largest absolute Gasteiger partial charge is 0.478 e. The van der Waals surface area contributed by atoms with Crippen LogP contribution >= 0.6 is 0 Å². The number of fused-ring (bicyclic) bond motifs is 1. The third-order valence-corrected chi connectivity index (χ3v) is 5.45. The van der Waals surface area contributed by atoms with Crippen LogP contribution in [0.1, 0.15) is 31.8 Å². The maximum atomic E-state index is 15.9. The van der Waals surface area contributed by atoms with Gasteiger partial charge in [-0.05, 0) is 73.0 Å². The van der Waals surface area contributed by atoms with Gasteiger partial charge in [0.15, 0.2) is 0 Å². The lowest BCUT2D eigenvalue weighted by molar-refractivity contribution is 0.0696. The summed E-state index contributed by atoms with van der Waals surface area (Å²) in [5.41, 5.74) is 2.42. The van der Waals surface area contributed by atoms with Crippen LogP contribution in [0.5, 0.6) is 0 Å². The molecule has 1 amide bonds. The van der Waals surface area contributed by atoms with Crippen LogP contribution in [0.4, 0.5) is 8.78 Å². The predicted octanol–water partition coefficient (Wildman–Crippen LogP) is 5.72. The molecule has 0 atom stereocenters. The van der Waals surface area contributed by atoms with Gasteiger partial charge in [0.2, 0.25) is 0 Å². The summed E-state index contributed by atoms with van der Waals surface area (Å²) in [6.45, 7) is 3.44. The monoisotopic (exact) mass is 435 g/mol. The summed E-state index contributed by atoms with van der Waals surface area (Å²) in [7, 11) is 1.42. The van der Waals surface area contributed by atoms with E-state index >= 15 is 4.39 Å². The van der Waals surface area contributed by atoms with Crippen molar-refractivity contribution in [2.24, 2.45) is 0 Å². The quantitative estimate of drug-likeness (QED) is 0.430. The molecule has 5 nitrogen and oxygen atoms in total. The molecule has 0 saturated heterocycles. The minimum Gasteiger partial charge on any atom is -0.478 e. The van der Waals surface area contributed by atoms with Gasteiger partial charge < -0.3 is 14.8 Å². The van der Waals surface area contributed by atoms with Crippen molar-refractivity contribution < 1.29 is 27.9 Å². The molecule has 0 unspecified atom stereocenters. The summed E-state index contributed by atoms with van der Waals surface area (Å²) in [5, 5.41) is 11.9. The molecule has 0 radical (unpaired) electrons. The lowest BCUT2D eigenvalue weighted by Gasteiger charge is -2.12. The number of hydrogen-bond acceptors (Lipinski definition) is 3. The molecule has 4 rings (SSSR count). The van der Waals surface area contributed by atoms with E-state index in [1.165, 1.54) is 49.5 Å². The number of carbonyl (C=O) groups is 2. The van der Waals surface area contributed by atoms with Gasteiger partial charge in [0, 0.05) is 18.2 Å². The molecule has 2 N–H and O–H groups in total. The standard InChI is InChI=1S/C25H19F2NO4/c1-12-10-13(2)18(25(30)31)11-17(12)16-8-9-19-20(22(16)27)21(24(29)28-3)23(32-19)14-4-6-15(26)7-5-14/h4-11H,1-3H3,(H,28,29)(H,30,31). The second-order valence-corrected chi connectivity index (χ2v) is 7.48. The molecule has 4 aromatic rings. The number of carbonyl (C=O) groups excluding carboxylic acids is 1. The third-order valence-electron chi connectivity index (χ3n) is 5.45.